The molecule has 1 saturated heterocycles. The molecule has 0 bridgehead atoms. The summed E-state index contributed by atoms with van der Waals surface area (Å²) in [6.07, 6.45) is 1.81. The molecule has 0 N–H and O–H groups in total. The fourth-order valence-electron chi connectivity index (χ4n) is 3.67. The number of carbonyl (C=O) groups excluding carboxylic acids is 1. The number of pyridine rings is 1. The van der Waals surface area contributed by atoms with Crippen LogP contribution in [-0.4, -0.2) is 52.0 Å². The van der Waals surface area contributed by atoms with Gasteiger partial charge in [0.15, 0.2) is 5.69 Å². The van der Waals surface area contributed by atoms with Crippen LogP contribution in [0, 0.1) is 20.8 Å². The summed E-state index contributed by atoms with van der Waals surface area (Å²) in [5, 5.41) is 4.05. The number of nitrogens with zero attached hydrogens (tertiary/aromatic N) is 4. The van der Waals surface area contributed by atoms with Crippen LogP contribution >= 0.6 is 0 Å². The average molecular weight is 421 g/mol. The molecule has 3 heterocycles. The molecule has 1 aliphatic heterocycles. The minimum absolute atomic E-state index is 0.104. The van der Waals surface area contributed by atoms with Gasteiger partial charge in [0.05, 0.1) is 11.3 Å². The predicted molar refractivity (Wildman–Crippen MR) is 117 cm³/mol. The van der Waals surface area contributed by atoms with Crippen molar-refractivity contribution in [2.24, 2.45) is 0 Å². The molecule has 1 aliphatic rings. The zero-order valence-electron chi connectivity index (χ0n) is 18.3. The van der Waals surface area contributed by atoms with Gasteiger partial charge in [-0.15, -0.1) is 0 Å². The molecule has 31 heavy (non-hydrogen) atoms. The first kappa shape index (κ1) is 21.1. The van der Waals surface area contributed by atoms with Gasteiger partial charge in [0.1, 0.15) is 18.1 Å². The molecule has 0 unspecified atom stereocenters. The van der Waals surface area contributed by atoms with Crippen molar-refractivity contribution in [3.05, 3.63) is 76.4 Å². The van der Waals surface area contributed by atoms with Crippen molar-refractivity contribution < 1.29 is 14.1 Å². The standard InChI is InChI=1S/C24H28N4O3/c1-17-7-8-21(14-18(17)2)30-16-22-19(3)31-26-23(22)24(29)28-12-10-27(11-13-28)15-20-6-4-5-9-25-20/h4-9,14H,10-13,15-16H2,1-3H3. The van der Waals surface area contributed by atoms with E-state index in [1.54, 1.807) is 0 Å². The number of benzene rings is 1. The lowest BCUT2D eigenvalue weighted by molar-refractivity contribution is 0.0615. The van der Waals surface area contributed by atoms with Gasteiger partial charge < -0.3 is 14.2 Å². The Morgan fingerprint density at radius 2 is 1.87 bits per heavy atom. The molecule has 7 nitrogen and oxygen atoms in total. The molecule has 3 aromatic rings. The number of aromatic nitrogens is 2. The second kappa shape index (κ2) is 9.31. The van der Waals surface area contributed by atoms with Crippen molar-refractivity contribution in [2.75, 3.05) is 26.2 Å². The van der Waals surface area contributed by atoms with Crippen LogP contribution < -0.4 is 4.74 Å². The van der Waals surface area contributed by atoms with Crippen molar-refractivity contribution in [3.63, 3.8) is 0 Å². The second-order valence-corrected chi connectivity index (χ2v) is 7.99. The Labute approximate surface area is 182 Å². The number of ether oxygens (including phenoxy) is 1. The lowest BCUT2D eigenvalue weighted by Gasteiger charge is -2.34. The fraction of sp³-hybridized carbons (Fsp3) is 0.375. The van der Waals surface area contributed by atoms with Gasteiger partial charge in [0.2, 0.25) is 0 Å². The summed E-state index contributed by atoms with van der Waals surface area (Å²) in [6.45, 7) is 9.87. The number of carbonyl (C=O) groups is 1. The molecule has 162 valence electrons. The van der Waals surface area contributed by atoms with Crippen LogP contribution in [0.25, 0.3) is 0 Å². The van der Waals surface area contributed by atoms with Crippen LogP contribution in [0.15, 0.2) is 47.1 Å². The van der Waals surface area contributed by atoms with E-state index in [1.165, 1.54) is 11.1 Å². The van der Waals surface area contributed by atoms with E-state index in [-0.39, 0.29) is 12.5 Å². The summed E-state index contributed by atoms with van der Waals surface area (Å²) in [7, 11) is 0. The Morgan fingerprint density at radius 3 is 2.58 bits per heavy atom. The highest BCUT2D eigenvalue weighted by atomic mass is 16.5. The maximum atomic E-state index is 13.1. The third kappa shape index (κ3) is 4.94. The summed E-state index contributed by atoms with van der Waals surface area (Å²) < 4.78 is 11.3. The highest BCUT2D eigenvalue weighted by molar-refractivity contribution is 5.93. The highest BCUT2D eigenvalue weighted by Crippen LogP contribution is 2.22. The number of aryl methyl sites for hydroxylation is 3. The predicted octanol–water partition coefficient (Wildman–Crippen LogP) is 3.53. The molecular formula is C24H28N4O3. The van der Waals surface area contributed by atoms with Gasteiger partial charge in [0, 0.05) is 38.9 Å². The third-order valence-corrected chi connectivity index (χ3v) is 5.82. The molecule has 0 saturated carbocycles. The normalized spacial score (nSPS) is 14.6. The summed E-state index contributed by atoms with van der Waals surface area (Å²) >= 11 is 0. The smallest absolute Gasteiger partial charge is 0.276 e. The number of piperazine rings is 1. The molecule has 2 aromatic heterocycles. The van der Waals surface area contributed by atoms with Gasteiger partial charge in [-0.2, -0.15) is 0 Å². The Kier molecular flexibility index (Phi) is 6.32. The van der Waals surface area contributed by atoms with Crippen LogP contribution in [0.3, 0.4) is 0 Å². The molecule has 0 atom stereocenters. The van der Waals surface area contributed by atoms with Crippen molar-refractivity contribution >= 4 is 5.91 Å². The zero-order chi connectivity index (χ0) is 21.8. The Morgan fingerprint density at radius 1 is 1.06 bits per heavy atom. The fourth-order valence-corrected chi connectivity index (χ4v) is 3.67. The van der Waals surface area contributed by atoms with Gasteiger partial charge in [0.25, 0.3) is 5.91 Å². The van der Waals surface area contributed by atoms with E-state index in [2.05, 4.69) is 28.9 Å². The van der Waals surface area contributed by atoms with Gasteiger partial charge in [-0.25, -0.2) is 0 Å². The Hall–Kier alpha value is -3.19. The van der Waals surface area contributed by atoms with E-state index >= 15 is 0 Å². The molecule has 0 spiro atoms. The van der Waals surface area contributed by atoms with Crippen LogP contribution in [0.1, 0.15) is 38.6 Å². The molecule has 4 rings (SSSR count). The Balaban J connectivity index is 1.37. The van der Waals surface area contributed by atoms with Crippen LogP contribution in [-0.2, 0) is 13.2 Å². The molecule has 1 amide bonds. The number of hydrogen-bond acceptors (Lipinski definition) is 6. The summed E-state index contributed by atoms with van der Waals surface area (Å²) in [5.74, 6) is 1.28. The Bertz CT molecular complexity index is 1040. The molecule has 1 fully saturated rings. The average Bonchev–Trinajstić information content (AvgIpc) is 3.15. The molecule has 0 radical (unpaired) electrons. The first-order valence-corrected chi connectivity index (χ1v) is 10.6. The minimum Gasteiger partial charge on any atom is -0.489 e. The van der Waals surface area contributed by atoms with Crippen molar-refractivity contribution in [2.45, 2.75) is 33.9 Å². The monoisotopic (exact) mass is 420 g/mol. The van der Waals surface area contributed by atoms with Crippen LogP contribution in [0.5, 0.6) is 5.75 Å². The highest BCUT2D eigenvalue weighted by Gasteiger charge is 2.28. The lowest BCUT2D eigenvalue weighted by atomic mass is 10.1. The maximum absolute atomic E-state index is 13.1. The third-order valence-electron chi connectivity index (χ3n) is 5.82. The van der Waals surface area contributed by atoms with Crippen molar-refractivity contribution in [1.82, 2.24) is 19.9 Å². The molecule has 7 heteroatoms. The minimum atomic E-state index is -0.104. The zero-order valence-corrected chi connectivity index (χ0v) is 18.3. The van der Waals surface area contributed by atoms with E-state index in [1.807, 2.05) is 54.4 Å². The molecule has 0 aliphatic carbocycles. The SMILES string of the molecule is Cc1ccc(OCc2c(C(=O)N3CCN(Cc4ccccn4)CC3)noc2C)cc1C. The largest absolute Gasteiger partial charge is 0.489 e. The van der Waals surface area contributed by atoms with Gasteiger partial charge in [-0.3, -0.25) is 14.7 Å². The van der Waals surface area contributed by atoms with Crippen LogP contribution in [0.2, 0.25) is 0 Å². The van der Waals surface area contributed by atoms with Gasteiger partial charge in [-0.05, 0) is 56.2 Å². The lowest BCUT2D eigenvalue weighted by Crippen LogP contribution is -2.48. The quantitative estimate of drug-likeness (QED) is 0.608. The molecular weight excluding hydrogens is 392 g/mol. The molecule has 1 aromatic carbocycles. The van der Waals surface area contributed by atoms with Crippen molar-refractivity contribution in [3.8, 4) is 5.75 Å². The van der Waals surface area contributed by atoms with Gasteiger partial charge >= 0.3 is 0 Å². The van der Waals surface area contributed by atoms with Crippen LogP contribution in [0.4, 0.5) is 0 Å². The van der Waals surface area contributed by atoms with E-state index in [0.717, 1.165) is 31.1 Å². The maximum Gasteiger partial charge on any atom is 0.276 e. The van der Waals surface area contributed by atoms with E-state index in [0.29, 0.717) is 30.1 Å². The first-order valence-electron chi connectivity index (χ1n) is 10.6. The summed E-state index contributed by atoms with van der Waals surface area (Å²) in [6, 6.07) is 11.9. The van der Waals surface area contributed by atoms with E-state index < -0.39 is 0 Å². The summed E-state index contributed by atoms with van der Waals surface area (Å²) in [5.41, 5.74) is 4.48. The summed E-state index contributed by atoms with van der Waals surface area (Å²) in [4.78, 5) is 21.7. The van der Waals surface area contributed by atoms with Gasteiger partial charge in [-0.1, -0.05) is 17.3 Å². The first-order chi connectivity index (χ1) is 15.0. The topological polar surface area (TPSA) is 71.7 Å². The number of amides is 1. The van der Waals surface area contributed by atoms with Crippen molar-refractivity contribution in [1.29, 1.82) is 0 Å². The van der Waals surface area contributed by atoms with E-state index in [9.17, 15) is 4.79 Å². The number of rotatable bonds is 6. The second-order valence-electron chi connectivity index (χ2n) is 7.99. The number of hydrogen-bond donors (Lipinski definition) is 0. The van der Waals surface area contributed by atoms with E-state index in [4.69, 9.17) is 9.26 Å².